The molecule has 0 aliphatic heterocycles. The van der Waals surface area contributed by atoms with E-state index < -0.39 is 17.5 Å². The van der Waals surface area contributed by atoms with Gasteiger partial charge in [-0.1, -0.05) is 0 Å². The van der Waals surface area contributed by atoms with Gasteiger partial charge in [-0.3, -0.25) is 0 Å². The van der Waals surface area contributed by atoms with Crippen LogP contribution >= 0.6 is 0 Å². The zero-order chi connectivity index (χ0) is 11.5. The molecule has 1 aromatic heterocycles. The topological polar surface area (TPSA) is 126 Å². The second-order valence-corrected chi connectivity index (χ2v) is 3.01. The van der Waals surface area contributed by atoms with Crippen LogP contribution in [0.5, 0.6) is 0 Å². The highest BCUT2D eigenvalue weighted by Gasteiger charge is 2.42. The first kappa shape index (κ1) is 11.1. The fourth-order valence-electron chi connectivity index (χ4n) is 0.986. The number of hydrogen-bond donors (Lipinski definition) is 3. The van der Waals surface area contributed by atoms with Crippen molar-refractivity contribution in [1.29, 1.82) is 0 Å². The maximum atomic E-state index is 10.7. The van der Waals surface area contributed by atoms with Crippen molar-refractivity contribution >= 4 is 11.9 Å². The van der Waals surface area contributed by atoms with Crippen LogP contribution in [0.3, 0.4) is 0 Å². The lowest BCUT2D eigenvalue weighted by Gasteiger charge is -2.18. The zero-order valence-electron chi connectivity index (χ0n) is 7.62. The minimum atomic E-state index is -2.34. The molecule has 7 nitrogen and oxygen atoms in total. The van der Waals surface area contributed by atoms with E-state index in [1.807, 2.05) is 0 Å². The molecule has 0 bridgehead atoms. The lowest BCUT2D eigenvalue weighted by Crippen LogP contribution is -2.56. The standard InChI is InChI=1S/C8H9N3O4/c9-8(6(12)13,7(14)15)1-5-2-10-4-11-3-5/h2-4H,1,9H2,(H,12,13)(H,14,15). The highest BCUT2D eigenvalue weighted by molar-refractivity contribution is 6.03. The second kappa shape index (κ2) is 4.01. The molecular formula is C8H9N3O4. The van der Waals surface area contributed by atoms with Crippen LogP contribution in [0, 0.1) is 0 Å². The number of carboxylic acids is 2. The van der Waals surface area contributed by atoms with Crippen LogP contribution in [-0.2, 0) is 16.0 Å². The summed E-state index contributed by atoms with van der Waals surface area (Å²) in [5.74, 6) is -3.20. The van der Waals surface area contributed by atoms with Gasteiger partial charge in [0.25, 0.3) is 0 Å². The van der Waals surface area contributed by atoms with E-state index in [1.54, 1.807) is 0 Å². The third-order valence-electron chi connectivity index (χ3n) is 1.86. The molecule has 0 fully saturated rings. The van der Waals surface area contributed by atoms with Crippen molar-refractivity contribution in [2.24, 2.45) is 5.73 Å². The maximum Gasteiger partial charge on any atom is 0.335 e. The first-order valence-electron chi connectivity index (χ1n) is 3.96. The Morgan fingerprint density at radius 2 is 1.73 bits per heavy atom. The van der Waals surface area contributed by atoms with Crippen molar-refractivity contribution < 1.29 is 19.8 Å². The lowest BCUT2D eigenvalue weighted by atomic mass is 9.93. The Bertz CT molecular complexity index is 365. The summed E-state index contributed by atoms with van der Waals surface area (Å²) in [5.41, 5.74) is 3.27. The van der Waals surface area contributed by atoms with Gasteiger partial charge < -0.3 is 15.9 Å². The average molecular weight is 211 g/mol. The summed E-state index contributed by atoms with van der Waals surface area (Å²) in [6.07, 6.45) is 3.53. The average Bonchev–Trinajstić information content (AvgIpc) is 2.18. The maximum absolute atomic E-state index is 10.7. The molecule has 0 atom stereocenters. The summed E-state index contributed by atoms with van der Waals surface area (Å²) in [6, 6.07) is 0. The number of carbonyl (C=O) groups is 2. The van der Waals surface area contributed by atoms with Gasteiger partial charge in [-0.2, -0.15) is 0 Å². The Kier molecular flexibility index (Phi) is 2.96. The molecule has 1 aromatic rings. The predicted octanol–water partition coefficient (Wildman–Crippen LogP) is -1.11. The van der Waals surface area contributed by atoms with Crippen LogP contribution in [-0.4, -0.2) is 37.7 Å². The van der Waals surface area contributed by atoms with Gasteiger partial charge in [0.15, 0.2) is 0 Å². The molecule has 1 heterocycles. The molecule has 1 rings (SSSR count). The molecule has 80 valence electrons. The molecule has 0 aliphatic rings. The van der Waals surface area contributed by atoms with E-state index in [-0.39, 0.29) is 6.42 Å². The normalized spacial score (nSPS) is 11.0. The van der Waals surface area contributed by atoms with Crippen molar-refractivity contribution in [1.82, 2.24) is 9.97 Å². The van der Waals surface area contributed by atoms with Crippen LogP contribution in [0.1, 0.15) is 5.56 Å². The van der Waals surface area contributed by atoms with Crippen molar-refractivity contribution in [3.05, 3.63) is 24.3 Å². The van der Waals surface area contributed by atoms with Gasteiger partial charge in [0.05, 0.1) is 0 Å². The molecule has 4 N–H and O–H groups in total. The molecule has 0 aromatic carbocycles. The molecule has 15 heavy (non-hydrogen) atoms. The number of rotatable bonds is 4. The number of carboxylic acid groups (broad SMARTS) is 2. The quantitative estimate of drug-likeness (QED) is 0.538. The van der Waals surface area contributed by atoms with Crippen molar-refractivity contribution in [3.63, 3.8) is 0 Å². The van der Waals surface area contributed by atoms with Crippen molar-refractivity contribution in [3.8, 4) is 0 Å². The molecule has 7 heteroatoms. The summed E-state index contributed by atoms with van der Waals surface area (Å²) in [4.78, 5) is 28.7. The molecule has 0 saturated carbocycles. The van der Waals surface area contributed by atoms with Crippen molar-refractivity contribution in [2.75, 3.05) is 0 Å². The van der Waals surface area contributed by atoms with E-state index in [2.05, 4.69) is 9.97 Å². The minimum absolute atomic E-state index is 0.352. The summed E-state index contributed by atoms with van der Waals surface area (Å²) in [7, 11) is 0. The Morgan fingerprint density at radius 1 is 1.27 bits per heavy atom. The van der Waals surface area contributed by atoms with Gasteiger partial charge in [0.1, 0.15) is 6.33 Å². The van der Waals surface area contributed by atoms with Gasteiger partial charge in [-0.05, 0) is 5.56 Å². The molecule has 0 amide bonds. The summed E-state index contributed by atoms with van der Waals surface area (Å²) in [5, 5.41) is 17.4. The Labute approximate surface area is 84.6 Å². The smallest absolute Gasteiger partial charge is 0.335 e. The number of aromatic nitrogens is 2. The summed E-state index contributed by atoms with van der Waals surface area (Å²) >= 11 is 0. The van der Waals surface area contributed by atoms with E-state index in [0.29, 0.717) is 5.56 Å². The lowest BCUT2D eigenvalue weighted by molar-refractivity contribution is -0.156. The fraction of sp³-hybridized carbons (Fsp3) is 0.250. The second-order valence-electron chi connectivity index (χ2n) is 3.01. The van der Waals surface area contributed by atoms with E-state index >= 15 is 0 Å². The Morgan fingerprint density at radius 3 is 2.13 bits per heavy atom. The first-order chi connectivity index (χ1) is 6.97. The molecule has 0 spiro atoms. The van der Waals surface area contributed by atoms with Gasteiger partial charge in [0, 0.05) is 18.8 Å². The predicted molar refractivity (Wildman–Crippen MR) is 47.9 cm³/mol. The Hall–Kier alpha value is -2.02. The van der Waals surface area contributed by atoms with Gasteiger partial charge in [0.2, 0.25) is 5.54 Å². The summed E-state index contributed by atoms with van der Waals surface area (Å²) < 4.78 is 0. The minimum Gasteiger partial charge on any atom is -0.479 e. The zero-order valence-corrected chi connectivity index (χ0v) is 7.62. The molecular weight excluding hydrogens is 202 g/mol. The number of nitrogens with two attached hydrogens (primary N) is 1. The fourth-order valence-corrected chi connectivity index (χ4v) is 0.986. The molecule has 0 saturated heterocycles. The highest BCUT2D eigenvalue weighted by atomic mass is 16.4. The van der Waals surface area contributed by atoms with Crippen LogP contribution in [0.15, 0.2) is 18.7 Å². The third kappa shape index (κ3) is 2.26. The largest absolute Gasteiger partial charge is 0.479 e. The SMILES string of the molecule is NC(Cc1cncnc1)(C(=O)O)C(=O)O. The van der Waals surface area contributed by atoms with Crippen LogP contribution in [0.2, 0.25) is 0 Å². The van der Waals surface area contributed by atoms with Crippen molar-refractivity contribution in [2.45, 2.75) is 12.0 Å². The van der Waals surface area contributed by atoms with Gasteiger partial charge >= 0.3 is 11.9 Å². The first-order valence-corrected chi connectivity index (χ1v) is 3.96. The summed E-state index contributed by atoms with van der Waals surface area (Å²) in [6.45, 7) is 0. The molecule has 0 radical (unpaired) electrons. The monoisotopic (exact) mass is 211 g/mol. The third-order valence-corrected chi connectivity index (χ3v) is 1.86. The number of nitrogens with zero attached hydrogens (tertiary/aromatic N) is 2. The number of aliphatic carboxylic acids is 2. The molecule has 0 aliphatic carbocycles. The highest BCUT2D eigenvalue weighted by Crippen LogP contribution is 2.10. The number of hydrogen-bond acceptors (Lipinski definition) is 5. The van der Waals surface area contributed by atoms with E-state index in [1.165, 1.54) is 18.7 Å². The Balaban J connectivity index is 2.95. The molecule has 0 unspecified atom stereocenters. The van der Waals surface area contributed by atoms with E-state index in [4.69, 9.17) is 15.9 Å². The van der Waals surface area contributed by atoms with Gasteiger partial charge in [-0.25, -0.2) is 19.6 Å². The van der Waals surface area contributed by atoms with E-state index in [0.717, 1.165) is 0 Å². The van der Waals surface area contributed by atoms with E-state index in [9.17, 15) is 9.59 Å². The van der Waals surface area contributed by atoms with Crippen LogP contribution in [0.4, 0.5) is 0 Å². The van der Waals surface area contributed by atoms with Gasteiger partial charge in [-0.15, -0.1) is 0 Å². The van der Waals surface area contributed by atoms with Crippen LogP contribution in [0.25, 0.3) is 0 Å². The van der Waals surface area contributed by atoms with Crippen LogP contribution < -0.4 is 5.73 Å².